The van der Waals surface area contributed by atoms with Crippen molar-refractivity contribution in [3.63, 3.8) is 0 Å². The first-order chi connectivity index (χ1) is 11.1. The fourth-order valence-electron chi connectivity index (χ4n) is 3.30. The van der Waals surface area contributed by atoms with E-state index in [1.54, 1.807) is 11.0 Å². The first kappa shape index (κ1) is 16.5. The largest absolute Gasteiger partial charge is 0.378 e. The van der Waals surface area contributed by atoms with Gasteiger partial charge in [-0.2, -0.15) is 0 Å². The molecule has 2 unspecified atom stereocenters. The molecule has 2 saturated heterocycles. The van der Waals surface area contributed by atoms with E-state index >= 15 is 0 Å². The molecule has 1 aromatic rings. The Morgan fingerprint density at radius 2 is 2.09 bits per heavy atom. The van der Waals surface area contributed by atoms with Gasteiger partial charge >= 0.3 is 6.03 Å². The molecule has 2 heterocycles. The van der Waals surface area contributed by atoms with Crippen LogP contribution in [0.15, 0.2) is 18.2 Å². The van der Waals surface area contributed by atoms with Crippen LogP contribution in [0.3, 0.4) is 0 Å². The summed E-state index contributed by atoms with van der Waals surface area (Å²) in [4.78, 5) is 16.3. The molecule has 126 valence electrons. The number of amides is 2. The zero-order valence-electron chi connectivity index (χ0n) is 13.1. The second-order valence-electron chi connectivity index (χ2n) is 6.04. The molecule has 2 fully saturated rings. The highest BCUT2D eigenvalue weighted by atomic mass is 35.5. The number of hydrogen-bond acceptors (Lipinski definition) is 3. The Bertz CT molecular complexity index is 580. The number of nitrogens with one attached hydrogen (secondary N) is 1. The van der Waals surface area contributed by atoms with E-state index in [0.717, 1.165) is 18.5 Å². The highest BCUT2D eigenvalue weighted by molar-refractivity contribution is 6.30. The molecule has 1 N–H and O–H groups in total. The average molecular weight is 342 g/mol. The molecule has 0 bridgehead atoms. The number of benzene rings is 1. The number of carbonyl (C=O) groups excluding carboxylic acids is 1. The standard InChI is InChI=1S/C16H21ClFN3O2/c1-20-5-4-14(19-16(22)21-6-8-23-9-7-21)15(20)11-2-3-12(17)13(18)10-11/h2-3,10,14-15H,4-9H2,1H3,(H,19,22). The van der Waals surface area contributed by atoms with Gasteiger partial charge in [-0.25, -0.2) is 9.18 Å². The molecule has 0 spiro atoms. The number of hydrogen-bond donors (Lipinski definition) is 1. The minimum atomic E-state index is -0.428. The Morgan fingerprint density at radius 3 is 2.78 bits per heavy atom. The van der Waals surface area contributed by atoms with E-state index in [2.05, 4.69) is 10.2 Å². The highest BCUT2D eigenvalue weighted by Gasteiger charge is 2.35. The second kappa shape index (κ2) is 7.03. The number of ether oxygens (including phenoxy) is 1. The van der Waals surface area contributed by atoms with Gasteiger partial charge in [0, 0.05) is 19.6 Å². The molecular weight excluding hydrogens is 321 g/mol. The molecule has 2 amide bonds. The predicted octanol–water partition coefficient (Wildman–Crippen LogP) is 2.27. The lowest BCUT2D eigenvalue weighted by Crippen LogP contribution is -2.50. The molecule has 23 heavy (non-hydrogen) atoms. The Labute approximate surface area is 140 Å². The van der Waals surface area contributed by atoms with Crippen molar-refractivity contribution in [2.24, 2.45) is 0 Å². The third kappa shape index (κ3) is 3.59. The fourth-order valence-corrected chi connectivity index (χ4v) is 3.41. The summed E-state index contributed by atoms with van der Waals surface area (Å²) < 4.78 is 19.0. The summed E-state index contributed by atoms with van der Waals surface area (Å²) in [6, 6.07) is 4.68. The van der Waals surface area contributed by atoms with Crippen molar-refractivity contribution < 1.29 is 13.9 Å². The number of morpholine rings is 1. The summed E-state index contributed by atoms with van der Waals surface area (Å²) in [5.41, 5.74) is 0.833. The lowest BCUT2D eigenvalue weighted by molar-refractivity contribution is 0.0521. The Morgan fingerprint density at radius 1 is 1.35 bits per heavy atom. The van der Waals surface area contributed by atoms with Crippen LogP contribution < -0.4 is 5.32 Å². The maximum atomic E-state index is 13.8. The first-order valence-electron chi connectivity index (χ1n) is 7.84. The van der Waals surface area contributed by atoms with E-state index in [4.69, 9.17) is 16.3 Å². The maximum Gasteiger partial charge on any atom is 0.317 e. The van der Waals surface area contributed by atoms with E-state index < -0.39 is 5.82 Å². The van der Waals surface area contributed by atoms with Crippen molar-refractivity contribution in [3.05, 3.63) is 34.6 Å². The molecule has 2 aliphatic rings. The molecule has 0 aromatic heterocycles. The number of nitrogens with zero attached hydrogens (tertiary/aromatic N) is 2. The van der Waals surface area contributed by atoms with Gasteiger partial charge in [-0.05, 0) is 31.2 Å². The lowest BCUT2D eigenvalue weighted by atomic mass is 10.00. The van der Waals surface area contributed by atoms with Crippen LogP contribution in [0.4, 0.5) is 9.18 Å². The summed E-state index contributed by atoms with van der Waals surface area (Å²) in [6.07, 6.45) is 0.835. The van der Waals surface area contributed by atoms with E-state index in [1.807, 2.05) is 13.1 Å². The Hall–Kier alpha value is -1.37. The number of rotatable bonds is 2. The van der Waals surface area contributed by atoms with Crippen molar-refractivity contribution in [3.8, 4) is 0 Å². The van der Waals surface area contributed by atoms with Crippen molar-refractivity contribution in [1.82, 2.24) is 15.1 Å². The zero-order valence-corrected chi connectivity index (χ0v) is 13.9. The van der Waals surface area contributed by atoms with Gasteiger partial charge in [0.25, 0.3) is 0 Å². The second-order valence-corrected chi connectivity index (χ2v) is 6.45. The molecule has 5 nitrogen and oxygen atoms in total. The summed E-state index contributed by atoms with van der Waals surface area (Å²) in [5.74, 6) is -0.428. The summed E-state index contributed by atoms with van der Waals surface area (Å²) in [6.45, 7) is 3.21. The van der Waals surface area contributed by atoms with E-state index in [1.165, 1.54) is 6.07 Å². The van der Waals surface area contributed by atoms with Crippen molar-refractivity contribution >= 4 is 17.6 Å². The van der Waals surface area contributed by atoms with Crippen LogP contribution in [0, 0.1) is 5.82 Å². The van der Waals surface area contributed by atoms with Gasteiger partial charge in [0.2, 0.25) is 0 Å². The lowest BCUT2D eigenvalue weighted by Gasteiger charge is -2.31. The normalized spacial score (nSPS) is 25.6. The van der Waals surface area contributed by atoms with Crippen LogP contribution in [-0.4, -0.2) is 61.8 Å². The van der Waals surface area contributed by atoms with Gasteiger partial charge in [-0.15, -0.1) is 0 Å². The molecule has 0 aliphatic carbocycles. The van der Waals surface area contributed by atoms with Crippen LogP contribution >= 0.6 is 11.6 Å². The third-order valence-electron chi connectivity index (χ3n) is 4.54. The first-order valence-corrected chi connectivity index (χ1v) is 8.22. The van der Waals surface area contributed by atoms with Gasteiger partial charge in [-0.1, -0.05) is 17.7 Å². The van der Waals surface area contributed by atoms with Crippen LogP contribution in [0.5, 0.6) is 0 Å². The van der Waals surface area contributed by atoms with Gasteiger partial charge in [-0.3, -0.25) is 4.90 Å². The summed E-state index contributed by atoms with van der Waals surface area (Å²) in [7, 11) is 1.98. The monoisotopic (exact) mass is 341 g/mol. The van der Waals surface area contributed by atoms with Gasteiger partial charge in [0.1, 0.15) is 5.82 Å². The highest BCUT2D eigenvalue weighted by Crippen LogP contribution is 2.32. The van der Waals surface area contributed by atoms with Crippen LogP contribution in [0.2, 0.25) is 5.02 Å². The third-order valence-corrected chi connectivity index (χ3v) is 4.85. The van der Waals surface area contributed by atoms with Gasteiger partial charge in [0.15, 0.2) is 0 Å². The molecule has 2 aliphatic heterocycles. The number of likely N-dealkylation sites (tertiary alicyclic amines) is 1. The Balaban J connectivity index is 1.72. The minimum Gasteiger partial charge on any atom is -0.378 e. The van der Waals surface area contributed by atoms with Crippen molar-refractivity contribution in [1.29, 1.82) is 0 Å². The van der Waals surface area contributed by atoms with E-state index in [-0.39, 0.29) is 23.1 Å². The molecule has 7 heteroatoms. The molecule has 3 rings (SSSR count). The molecule has 0 saturated carbocycles. The topological polar surface area (TPSA) is 44.8 Å². The summed E-state index contributed by atoms with van der Waals surface area (Å²) in [5, 5.41) is 3.21. The van der Waals surface area contributed by atoms with Crippen molar-refractivity contribution in [2.45, 2.75) is 18.5 Å². The molecule has 0 radical (unpaired) electrons. The zero-order chi connectivity index (χ0) is 16.4. The van der Waals surface area contributed by atoms with Crippen LogP contribution in [0.25, 0.3) is 0 Å². The van der Waals surface area contributed by atoms with E-state index in [0.29, 0.717) is 26.3 Å². The number of urea groups is 1. The molecule has 1 aromatic carbocycles. The maximum absolute atomic E-state index is 13.8. The van der Waals surface area contributed by atoms with Gasteiger partial charge in [0.05, 0.1) is 30.3 Å². The molecular formula is C16H21ClFN3O2. The SMILES string of the molecule is CN1CCC(NC(=O)N2CCOCC2)C1c1ccc(Cl)c(F)c1. The number of carbonyl (C=O) groups is 1. The van der Waals surface area contributed by atoms with Crippen LogP contribution in [0.1, 0.15) is 18.0 Å². The van der Waals surface area contributed by atoms with E-state index in [9.17, 15) is 9.18 Å². The molecule has 2 atom stereocenters. The quantitative estimate of drug-likeness (QED) is 0.897. The van der Waals surface area contributed by atoms with Gasteiger partial charge < -0.3 is 15.0 Å². The van der Waals surface area contributed by atoms with Crippen LogP contribution in [-0.2, 0) is 4.74 Å². The number of halogens is 2. The summed E-state index contributed by atoms with van der Waals surface area (Å²) >= 11 is 5.77. The smallest absolute Gasteiger partial charge is 0.317 e. The van der Waals surface area contributed by atoms with Crippen molar-refractivity contribution in [2.75, 3.05) is 39.9 Å². The predicted molar refractivity (Wildman–Crippen MR) is 86.1 cm³/mol. The minimum absolute atomic E-state index is 0.0454. The fraction of sp³-hybridized carbons (Fsp3) is 0.562. The number of likely N-dealkylation sites (N-methyl/N-ethyl adjacent to an activating group) is 1. The average Bonchev–Trinajstić information content (AvgIpc) is 2.91. The Kier molecular flexibility index (Phi) is 5.04.